The van der Waals surface area contributed by atoms with E-state index in [2.05, 4.69) is 15.3 Å². The summed E-state index contributed by atoms with van der Waals surface area (Å²) in [5.41, 5.74) is 0.207. The summed E-state index contributed by atoms with van der Waals surface area (Å²) in [5.74, 6) is 0.204. The van der Waals surface area contributed by atoms with Crippen LogP contribution < -0.4 is 5.32 Å². The maximum Gasteiger partial charge on any atom is 0.268 e. The fourth-order valence-electron chi connectivity index (χ4n) is 1.78. The molecule has 0 spiro atoms. The van der Waals surface area contributed by atoms with E-state index in [1.165, 1.54) is 16.8 Å². The minimum absolute atomic E-state index is 0.207. The highest BCUT2D eigenvalue weighted by Crippen LogP contribution is 2.10. The molecule has 0 fully saturated rings. The van der Waals surface area contributed by atoms with E-state index in [1.807, 2.05) is 0 Å². The van der Waals surface area contributed by atoms with Crippen molar-refractivity contribution in [2.45, 2.75) is 25.9 Å². The Balaban J connectivity index is 2.06. The standard InChI is InChI=1S/C12H14F2N4O/c1-8(11-15-4-5-16-11)17-12(19)9-3-2-6-18(9)7-10(13)14/h2-6,8,10H,7H2,1H3,(H,15,16)(H,17,19). The molecule has 0 aliphatic heterocycles. The molecule has 7 heteroatoms. The van der Waals surface area contributed by atoms with E-state index in [4.69, 9.17) is 0 Å². The van der Waals surface area contributed by atoms with E-state index < -0.39 is 18.9 Å². The molecule has 2 rings (SSSR count). The maximum atomic E-state index is 12.4. The normalized spacial score (nSPS) is 12.6. The molecule has 0 aromatic carbocycles. The number of H-pyrrole nitrogens is 1. The predicted molar refractivity (Wildman–Crippen MR) is 64.9 cm³/mol. The van der Waals surface area contributed by atoms with E-state index in [0.29, 0.717) is 5.82 Å². The second-order valence-corrected chi connectivity index (χ2v) is 4.11. The first kappa shape index (κ1) is 13.3. The van der Waals surface area contributed by atoms with Crippen LogP contribution in [0.4, 0.5) is 8.78 Å². The van der Waals surface area contributed by atoms with Crippen molar-refractivity contribution in [2.24, 2.45) is 0 Å². The van der Waals surface area contributed by atoms with Crippen molar-refractivity contribution in [2.75, 3.05) is 0 Å². The van der Waals surface area contributed by atoms with Crippen molar-refractivity contribution in [3.8, 4) is 0 Å². The molecule has 19 heavy (non-hydrogen) atoms. The van der Waals surface area contributed by atoms with E-state index in [-0.39, 0.29) is 11.7 Å². The van der Waals surface area contributed by atoms with Crippen molar-refractivity contribution >= 4 is 5.91 Å². The number of carbonyl (C=O) groups is 1. The number of nitrogens with one attached hydrogen (secondary N) is 2. The first-order valence-corrected chi connectivity index (χ1v) is 5.81. The van der Waals surface area contributed by atoms with Gasteiger partial charge in [0.25, 0.3) is 12.3 Å². The summed E-state index contributed by atoms with van der Waals surface area (Å²) < 4.78 is 26.0. The molecule has 2 aromatic rings. The lowest BCUT2D eigenvalue weighted by Crippen LogP contribution is -2.29. The first-order valence-electron chi connectivity index (χ1n) is 5.81. The molecule has 0 saturated heterocycles. The monoisotopic (exact) mass is 268 g/mol. The van der Waals surface area contributed by atoms with Gasteiger partial charge in [0.1, 0.15) is 11.5 Å². The second kappa shape index (κ2) is 5.64. The number of alkyl halides is 2. The Kier molecular flexibility index (Phi) is 3.94. The zero-order valence-corrected chi connectivity index (χ0v) is 10.3. The smallest absolute Gasteiger partial charge is 0.268 e. The number of hydrogen-bond acceptors (Lipinski definition) is 2. The van der Waals surface area contributed by atoms with Crippen molar-refractivity contribution < 1.29 is 13.6 Å². The van der Waals surface area contributed by atoms with Gasteiger partial charge in [-0.15, -0.1) is 0 Å². The van der Waals surface area contributed by atoms with Gasteiger partial charge >= 0.3 is 0 Å². The SMILES string of the molecule is CC(NC(=O)c1cccn1CC(F)F)c1ncc[nH]1. The minimum Gasteiger partial charge on any atom is -0.347 e. The summed E-state index contributed by atoms with van der Waals surface area (Å²) in [6.07, 6.45) is 2.19. The Morgan fingerprint density at radius 3 is 3.00 bits per heavy atom. The highest BCUT2D eigenvalue weighted by molar-refractivity contribution is 5.92. The summed E-state index contributed by atoms with van der Waals surface area (Å²) in [6.45, 7) is 1.27. The quantitative estimate of drug-likeness (QED) is 0.870. The van der Waals surface area contributed by atoms with E-state index in [1.54, 1.807) is 25.4 Å². The van der Waals surface area contributed by atoms with Gasteiger partial charge in [0.2, 0.25) is 0 Å². The lowest BCUT2D eigenvalue weighted by atomic mass is 10.3. The average Bonchev–Trinajstić information content (AvgIpc) is 2.97. The Morgan fingerprint density at radius 1 is 1.58 bits per heavy atom. The third kappa shape index (κ3) is 3.18. The van der Waals surface area contributed by atoms with Crippen molar-refractivity contribution in [3.63, 3.8) is 0 Å². The van der Waals surface area contributed by atoms with Gasteiger partial charge in [-0.25, -0.2) is 13.8 Å². The van der Waals surface area contributed by atoms with Crippen LogP contribution in [0.5, 0.6) is 0 Å². The molecular weight excluding hydrogens is 254 g/mol. The molecule has 102 valence electrons. The van der Waals surface area contributed by atoms with Crippen LogP contribution in [-0.2, 0) is 6.54 Å². The fourth-order valence-corrected chi connectivity index (χ4v) is 1.78. The molecular formula is C12H14F2N4O. The molecule has 0 saturated carbocycles. The zero-order valence-electron chi connectivity index (χ0n) is 10.3. The van der Waals surface area contributed by atoms with Crippen LogP contribution in [-0.4, -0.2) is 26.9 Å². The summed E-state index contributed by atoms with van der Waals surface area (Å²) >= 11 is 0. The lowest BCUT2D eigenvalue weighted by molar-refractivity contribution is 0.0916. The lowest BCUT2D eigenvalue weighted by Gasteiger charge is -2.13. The van der Waals surface area contributed by atoms with Crippen LogP contribution in [0.15, 0.2) is 30.7 Å². The fraction of sp³-hybridized carbons (Fsp3) is 0.333. The van der Waals surface area contributed by atoms with E-state index >= 15 is 0 Å². The third-order valence-corrected chi connectivity index (χ3v) is 2.67. The van der Waals surface area contributed by atoms with Gasteiger partial charge in [-0.3, -0.25) is 4.79 Å². The number of hydrogen-bond donors (Lipinski definition) is 2. The number of carbonyl (C=O) groups excluding carboxylic acids is 1. The van der Waals surface area contributed by atoms with Crippen LogP contribution in [0.1, 0.15) is 29.3 Å². The van der Waals surface area contributed by atoms with E-state index in [9.17, 15) is 13.6 Å². The Labute approximate surface area is 108 Å². The molecule has 2 aromatic heterocycles. The van der Waals surface area contributed by atoms with Gasteiger partial charge < -0.3 is 14.9 Å². The molecule has 2 heterocycles. The molecule has 1 atom stereocenters. The number of nitrogens with zero attached hydrogens (tertiary/aromatic N) is 2. The number of aromatic amines is 1. The molecule has 1 unspecified atom stereocenters. The zero-order chi connectivity index (χ0) is 13.8. The van der Waals surface area contributed by atoms with Crippen molar-refractivity contribution in [3.05, 3.63) is 42.2 Å². The maximum absolute atomic E-state index is 12.4. The Morgan fingerprint density at radius 2 is 2.37 bits per heavy atom. The highest BCUT2D eigenvalue weighted by atomic mass is 19.3. The van der Waals surface area contributed by atoms with Gasteiger partial charge in [-0.1, -0.05) is 0 Å². The van der Waals surface area contributed by atoms with Crippen LogP contribution >= 0.6 is 0 Å². The minimum atomic E-state index is -2.50. The second-order valence-electron chi connectivity index (χ2n) is 4.11. The predicted octanol–water partition coefficient (Wildman–Crippen LogP) is 1.97. The van der Waals surface area contributed by atoms with Crippen molar-refractivity contribution in [1.82, 2.24) is 19.9 Å². The summed E-state index contributed by atoms with van der Waals surface area (Å²) in [4.78, 5) is 18.9. The van der Waals surface area contributed by atoms with Crippen LogP contribution in [0, 0.1) is 0 Å². The summed E-state index contributed by atoms with van der Waals surface area (Å²) in [5, 5.41) is 2.70. The van der Waals surface area contributed by atoms with Crippen LogP contribution in [0.3, 0.4) is 0 Å². The van der Waals surface area contributed by atoms with Crippen LogP contribution in [0.2, 0.25) is 0 Å². The molecule has 0 aliphatic carbocycles. The molecule has 2 N–H and O–H groups in total. The van der Waals surface area contributed by atoms with Crippen molar-refractivity contribution in [1.29, 1.82) is 0 Å². The van der Waals surface area contributed by atoms with Crippen LogP contribution in [0.25, 0.3) is 0 Å². The third-order valence-electron chi connectivity index (χ3n) is 2.67. The van der Waals surface area contributed by atoms with Gasteiger partial charge in [0.05, 0.1) is 12.6 Å². The number of halogens is 2. The summed E-state index contributed by atoms with van der Waals surface area (Å²) in [6, 6.07) is 2.75. The number of imidazole rings is 1. The molecule has 5 nitrogen and oxygen atoms in total. The summed E-state index contributed by atoms with van der Waals surface area (Å²) in [7, 11) is 0. The Bertz CT molecular complexity index is 536. The van der Waals surface area contributed by atoms with Gasteiger partial charge in [0.15, 0.2) is 0 Å². The first-order chi connectivity index (χ1) is 9.08. The Hall–Kier alpha value is -2.18. The topological polar surface area (TPSA) is 62.7 Å². The largest absolute Gasteiger partial charge is 0.347 e. The van der Waals surface area contributed by atoms with E-state index in [0.717, 1.165) is 0 Å². The average molecular weight is 268 g/mol. The number of rotatable bonds is 5. The highest BCUT2D eigenvalue weighted by Gasteiger charge is 2.17. The molecule has 0 aliphatic rings. The molecule has 0 radical (unpaired) electrons. The number of aromatic nitrogens is 3. The molecule has 0 bridgehead atoms. The number of amides is 1. The van der Waals surface area contributed by atoms with Gasteiger partial charge in [-0.05, 0) is 19.1 Å². The van der Waals surface area contributed by atoms with Gasteiger partial charge in [0, 0.05) is 18.6 Å². The molecule has 1 amide bonds. The van der Waals surface area contributed by atoms with Gasteiger partial charge in [-0.2, -0.15) is 0 Å².